The molecule has 0 radical (unpaired) electrons. The Morgan fingerprint density at radius 2 is 1.97 bits per heavy atom. The molecule has 0 bridgehead atoms. The number of nitriles is 1. The number of aromatic nitrogens is 1. The SMILES string of the molecule is COc1cccc2[nH]c(C(=O)CC(Cc3cc(Cl)cc(Cl)c3)C(=O)NC(C#N)CC3CCNC3=O)cc12. The number of nitrogens with zero attached hydrogens (tertiary/aromatic N) is 1. The van der Waals surface area contributed by atoms with Crippen molar-refractivity contribution in [1.82, 2.24) is 15.6 Å². The highest BCUT2D eigenvalue weighted by atomic mass is 35.5. The number of halogens is 2. The molecule has 10 heteroatoms. The molecule has 2 heterocycles. The molecule has 3 N–H and O–H groups in total. The van der Waals surface area contributed by atoms with Gasteiger partial charge >= 0.3 is 0 Å². The predicted molar refractivity (Wildman–Crippen MR) is 141 cm³/mol. The van der Waals surface area contributed by atoms with Gasteiger partial charge in [-0.2, -0.15) is 5.26 Å². The molecule has 0 aliphatic carbocycles. The molecule has 8 nitrogen and oxygen atoms in total. The third-order valence-electron chi connectivity index (χ3n) is 6.51. The molecule has 37 heavy (non-hydrogen) atoms. The number of amides is 2. The van der Waals surface area contributed by atoms with Gasteiger partial charge in [-0.05, 0) is 61.2 Å². The molecule has 3 unspecified atom stereocenters. The van der Waals surface area contributed by atoms with E-state index in [4.69, 9.17) is 27.9 Å². The first-order valence-corrected chi connectivity index (χ1v) is 12.6. The average Bonchev–Trinajstić information content (AvgIpc) is 3.48. The van der Waals surface area contributed by atoms with Crippen molar-refractivity contribution in [3.8, 4) is 11.8 Å². The molecule has 1 aliphatic heterocycles. The summed E-state index contributed by atoms with van der Waals surface area (Å²) in [5, 5.41) is 16.7. The van der Waals surface area contributed by atoms with Crippen molar-refractivity contribution in [3.05, 3.63) is 63.8 Å². The Hall–Kier alpha value is -3.54. The third-order valence-corrected chi connectivity index (χ3v) is 6.94. The van der Waals surface area contributed by atoms with Gasteiger partial charge in [0.25, 0.3) is 0 Å². The van der Waals surface area contributed by atoms with Crippen LogP contribution in [0.15, 0.2) is 42.5 Å². The van der Waals surface area contributed by atoms with Crippen LogP contribution < -0.4 is 15.4 Å². The minimum absolute atomic E-state index is 0.118. The summed E-state index contributed by atoms with van der Waals surface area (Å²) in [6.45, 7) is 0.553. The first-order chi connectivity index (χ1) is 17.8. The van der Waals surface area contributed by atoms with Crippen molar-refractivity contribution < 1.29 is 19.1 Å². The molecule has 0 saturated carbocycles. The lowest BCUT2D eigenvalue weighted by Gasteiger charge is -2.20. The molecule has 1 saturated heterocycles. The Kier molecular flexibility index (Phi) is 8.37. The first kappa shape index (κ1) is 26.5. The second kappa shape index (κ2) is 11.7. The van der Waals surface area contributed by atoms with Crippen molar-refractivity contribution in [3.63, 3.8) is 0 Å². The molecule has 2 aromatic carbocycles. The number of rotatable bonds is 10. The van der Waals surface area contributed by atoms with Gasteiger partial charge in [-0.25, -0.2) is 0 Å². The Balaban J connectivity index is 1.56. The summed E-state index contributed by atoms with van der Waals surface area (Å²) in [6, 6.07) is 13.3. The Morgan fingerprint density at radius 3 is 2.62 bits per heavy atom. The lowest BCUT2D eigenvalue weighted by Crippen LogP contribution is -2.41. The van der Waals surface area contributed by atoms with E-state index in [0.29, 0.717) is 40.0 Å². The maximum absolute atomic E-state index is 13.4. The lowest BCUT2D eigenvalue weighted by molar-refractivity contribution is -0.126. The van der Waals surface area contributed by atoms with E-state index < -0.39 is 17.9 Å². The van der Waals surface area contributed by atoms with Crippen molar-refractivity contribution in [2.45, 2.75) is 31.7 Å². The molecule has 3 atom stereocenters. The summed E-state index contributed by atoms with van der Waals surface area (Å²) < 4.78 is 5.38. The number of nitrogens with one attached hydrogen (secondary N) is 3. The fourth-order valence-corrected chi connectivity index (χ4v) is 5.22. The van der Waals surface area contributed by atoms with Crippen LogP contribution in [0.5, 0.6) is 5.75 Å². The van der Waals surface area contributed by atoms with Crippen LogP contribution in [0.4, 0.5) is 0 Å². The summed E-state index contributed by atoms with van der Waals surface area (Å²) in [5.41, 5.74) is 1.78. The number of H-pyrrole nitrogens is 1. The standard InChI is InChI=1S/C27H26Cl2N4O4/c1-37-25-4-2-3-22-21(25)13-23(33-22)24(34)11-17(7-15-8-18(28)12-19(29)9-15)27(36)32-20(14-30)10-16-5-6-31-26(16)35/h2-4,8-9,12-13,16-17,20,33H,5-7,10-11H2,1H3,(H,31,35)(H,32,36). The van der Waals surface area contributed by atoms with E-state index >= 15 is 0 Å². The molecule has 1 aliphatic rings. The number of methoxy groups -OCH3 is 1. The van der Waals surface area contributed by atoms with Gasteiger partial charge in [0.15, 0.2) is 5.78 Å². The summed E-state index contributed by atoms with van der Waals surface area (Å²) >= 11 is 12.3. The monoisotopic (exact) mass is 540 g/mol. The normalized spacial score (nSPS) is 16.6. The summed E-state index contributed by atoms with van der Waals surface area (Å²) in [6.07, 6.45) is 0.885. The van der Waals surface area contributed by atoms with Crippen LogP contribution in [0, 0.1) is 23.2 Å². The number of hydrogen-bond acceptors (Lipinski definition) is 5. The number of aromatic amines is 1. The molecule has 3 aromatic rings. The van der Waals surface area contributed by atoms with E-state index in [-0.39, 0.29) is 36.9 Å². The van der Waals surface area contributed by atoms with Crippen LogP contribution in [-0.2, 0) is 16.0 Å². The average molecular weight is 541 g/mol. The van der Waals surface area contributed by atoms with Crippen molar-refractivity contribution in [2.75, 3.05) is 13.7 Å². The fourth-order valence-electron chi connectivity index (χ4n) is 4.65. The van der Waals surface area contributed by atoms with Gasteiger partial charge in [0.2, 0.25) is 11.8 Å². The molecule has 0 spiro atoms. The Bertz CT molecular complexity index is 1360. The smallest absolute Gasteiger partial charge is 0.224 e. The largest absolute Gasteiger partial charge is 0.496 e. The molecule has 2 amide bonds. The number of Topliss-reactive ketones (excluding diaryl/α,β-unsaturated/α-hetero) is 1. The highest BCUT2D eigenvalue weighted by Crippen LogP contribution is 2.28. The Morgan fingerprint density at radius 1 is 1.22 bits per heavy atom. The Labute approximate surface area is 224 Å². The topological polar surface area (TPSA) is 124 Å². The summed E-state index contributed by atoms with van der Waals surface area (Å²) in [7, 11) is 1.56. The van der Waals surface area contributed by atoms with E-state index in [9.17, 15) is 19.6 Å². The number of hydrogen-bond donors (Lipinski definition) is 3. The third kappa shape index (κ3) is 6.43. The van der Waals surface area contributed by atoms with Gasteiger partial charge in [-0.3, -0.25) is 14.4 Å². The van der Waals surface area contributed by atoms with Gasteiger partial charge in [0.1, 0.15) is 11.8 Å². The zero-order valence-electron chi connectivity index (χ0n) is 20.1. The highest BCUT2D eigenvalue weighted by Gasteiger charge is 2.30. The number of carbonyl (C=O) groups is 3. The number of benzene rings is 2. The molecule has 4 rings (SSSR count). The van der Waals surface area contributed by atoms with Gasteiger partial charge in [0, 0.05) is 45.7 Å². The molecule has 192 valence electrons. The zero-order chi connectivity index (χ0) is 26.5. The van der Waals surface area contributed by atoms with E-state index in [1.807, 2.05) is 12.1 Å². The van der Waals surface area contributed by atoms with Crippen molar-refractivity contribution >= 4 is 51.7 Å². The van der Waals surface area contributed by atoms with E-state index in [0.717, 1.165) is 10.9 Å². The van der Waals surface area contributed by atoms with Crippen LogP contribution >= 0.6 is 23.2 Å². The second-order valence-corrected chi connectivity index (χ2v) is 9.99. The summed E-state index contributed by atoms with van der Waals surface area (Å²) in [4.78, 5) is 41.7. The summed E-state index contributed by atoms with van der Waals surface area (Å²) in [5.74, 6) is -1.35. The van der Waals surface area contributed by atoms with Gasteiger partial charge in [-0.1, -0.05) is 29.3 Å². The van der Waals surface area contributed by atoms with Crippen molar-refractivity contribution in [1.29, 1.82) is 5.26 Å². The number of ether oxygens (including phenoxy) is 1. The van der Waals surface area contributed by atoms with Crippen LogP contribution in [0.3, 0.4) is 0 Å². The van der Waals surface area contributed by atoms with Crippen LogP contribution in [0.1, 0.15) is 35.3 Å². The number of ketones is 1. The van der Waals surface area contributed by atoms with Crippen LogP contribution in [-0.4, -0.2) is 42.3 Å². The zero-order valence-corrected chi connectivity index (χ0v) is 21.7. The highest BCUT2D eigenvalue weighted by molar-refractivity contribution is 6.34. The molecule has 1 aromatic heterocycles. The number of carbonyl (C=O) groups excluding carboxylic acids is 3. The molecule has 1 fully saturated rings. The van der Waals surface area contributed by atoms with E-state index in [1.54, 1.807) is 37.4 Å². The van der Waals surface area contributed by atoms with Crippen LogP contribution in [0.2, 0.25) is 10.0 Å². The van der Waals surface area contributed by atoms with E-state index in [2.05, 4.69) is 21.7 Å². The minimum atomic E-state index is -0.862. The van der Waals surface area contributed by atoms with Gasteiger partial charge in [-0.15, -0.1) is 0 Å². The lowest BCUT2D eigenvalue weighted by atomic mass is 9.91. The fraction of sp³-hybridized carbons (Fsp3) is 0.333. The minimum Gasteiger partial charge on any atom is -0.496 e. The van der Waals surface area contributed by atoms with Crippen LogP contribution in [0.25, 0.3) is 10.9 Å². The first-order valence-electron chi connectivity index (χ1n) is 11.9. The van der Waals surface area contributed by atoms with E-state index in [1.165, 1.54) is 0 Å². The van der Waals surface area contributed by atoms with Crippen molar-refractivity contribution in [2.24, 2.45) is 11.8 Å². The molecular weight excluding hydrogens is 515 g/mol. The quantitative estimate of drug-likeness (QED) is 0.327. The maximum Gasteiger partial charge on any atom is 0.224 e. The second-order valence-electron chi connectivity index (χ2n) is 9.11. The molecular formula is C27H26Cl2N4O4. The van der Waals surface area contributed by atoms with Gasteiger partial charge < -0.3 is 20.4 Å². The maximum atomic E-state index is 13.4. The number of fused-ring (bicyclic) bond motifs is 1. The van der Waals surface area contributed by atoms with Gasteiger partial charge in [0.05, 0.1) is 18.9 Å². The predicted octanol–water partition coefficient (Wildman–Crippen LogP) is 4.45.